The van der Waals surface area contributed by atoms with Gasteiger partial charge in [0.1, 0.15) is 12.1 Å². The van der Waals surface area contributed by atoms with Gasteiger partial charge in [-0.3, -0.25) is 9.48 Å². The number of nitrogens with zero attached hydrogens (tertiary/aromatic N) is 2. The number of hydrogen-bond donors (Lipinski definition) is 0. The van der Waals surface area contributed by atoms with E-state index < -0.39 is 5.60 Å². The van der Waals surface area contributed by atoms with Crippen molar-refractivity contribution in [3.63, 3.8) is 0 Å². The zero-order valence-corrected chi connectivity index (χ0v) is 14.3. The first-order chi connectivity index (χ1) is 9.74. The molecule has 1 aromatic carbocycles. The predicted octanol–water partition coefficient (Wildman–Crippen LogP) is 3.96. The van der Waals surface area contributed by atoms with Crippen molar-refractivity contribution in [2.45, 2.75) is 39.8 Å². The Hall–Kier alpha value is -1.62. The Kier molecular flexibility index (Phi) is 4.52. The minimum Gasteiger partial charge on any atom is -0.459 e. The first-order valence-electron chi connectivity index (χ1n) is 6.76. The maximum absolute atomic E-state index is 11.8. The molecule has 0 saturated carbocycles. The van der Waals surface area contributed by atoms with Crippen LogP contribution in [-0.4, -0.2) is 21.4 Å². The van der Waals surface area contributed by atoms with Crippen LogP contribution in [0, 0.1) is 6.92 Å². The molecule has 0 bridgehead atoms. The van der Waals surface area contributed by atoms with Crippen molar-refractivity contribution in [3.8, 4) is 11.1 Å². The van der Waals surface area contributed by atoms with Crippen molar-refractivity contribution < 1.29 is 9.53 Å². The predicted molar refractivity (Wildman–Crippen MR) is 85.9 cm³/mol. The van der Waals surface area contributed by atoms with Gasteiger partial charge in [0.25, 0.3) is 0 Å². The summed E-state index contributed by atoms with van der Waals surface area (Å²) >= 11 is 3.42. The van der Waals surface area contributed by atoms with Gasteiger partial charge in [-0.1, -0.05) is 28.1 Å². The Labute approximate surface area is 133 Å². The molecule has 5 heteroatoms. The number of rotatable bonds is 3. The third-order valence-corrected chi connectivity index (χ3v) is 3.34. The normalized spacial score (nSPS) is 11.5. The van der Waals surface area contributed by atoms with Crippen LogP contribution in [-0.2, 0) is 16.1 Å². The molecule has 1 heterocycles. The van der Waals surface area contributed by atoms with E-state index in [4.69, 9.17) is 4.74 Å². The van der Waals surface area contributed by atoms with E-state index in [-0.39, 0.29) is 12.5 Å². The van der Waals surface area contributed by atoms with Crippen LogP contribution in [0.4, 0.5) is 0 Å². The molecule has 0 atom stereocenters. The summed E-state index contributed by atoms with van der Waals surface area (Å²) in [4.78, 5) is 11.8. The summed E-state index contributed by atoms with van der Waals surface area (Å²) in [6, 6.07) is 8.01. The Morgan fingerprint density at radius 3 is 2.48 bits per heavy atom. The fourth-order valence-corrected chi connectivity index (χ4v) is 2.28. The van der Waals surface area contributed by atoms with Crippen LogP contribution in [0.2, 0.25) is 0 Å². The molecule has 0 aliphatic rings. The van der Waals surface area contributed by atoms with E-state index in [2.05, 4.69) is 21.0 Å². The van der Waals surface area contributed by atoms with E-state index in [0.29, 0.717) is 0 Å². The third kappa shape index (κ3) is 4.43. The Morgan fingerprint density at radius 2 is 1.90 bits per heavy atom. The molecule has 0 radical (unpaired) electrons. The molecule has 0 saturated heterocycles. The second kappa shape index (κ2) is 6.02. The molecule has 4 nitrogen and oxygen atoms in total. The molecule has 0 unspecified atom stereocenters. The Bertz CT molecular complexity index is 639. The van der Waals surface area contributed by atoms with Crippen LogP contribution in [0.25, 0.3) is 11.1 Å². The maximum Gasteiger partial charge on any atom is 0.328 e. The monoisotopic (exact) mass is 350 g/mol. The zero-order chi connectivity index (χ0) is 15.6. The van der Waals surface area contributed by atoms with Crippen LogP contribution in [0.5, 0.6) is 0 Å². The molecule has 112 valence electrons. The molecule has 1 aromatic heterocycles. The van der Waals surface area contributed by atoms with Gasteiger partial charge in [-0.05, 0) is 45.4 Å². The van der Waals surface area contributed by atoms with Crippen molar-refractivity contribution in [3.05, 3.63) is 40.6 Å². The lowest BCUT2D eigenvalue weighted by molar-refractivity contribution is -0.155. The Morgan fingerprint density at radius 1 is 1.29 bits per heavy atom. The fraction of sp³-hybridized carbons (Fsp3) is 0.375. The molecule has 0 amide bonds. The van der Waals surface area contributed by atoms with Crippen LogP contribution in [0.1, 0.15) is 26.5 Å². The van der Waals surface area contributed by atoms with Crippen molar-refractivity contribution in [1.82, 2.24) is 9.78 Å². The Balaban J connectivity index is 2.16. The molecule has 0 N–H and O–H groups in total. The number of benzene rings is 1. The fourth-order valence-electron chi connectivity index (χ4n) is 2.02. The second-order valence-corrected chi connectivity index (χ2v) is 6.83. The molecule has 0 fully saturated rings. The largest absolute Gasteiger partial charge is 0.459 e. The van der Waals surface area contributed by atoms with E-state index >= 15 is 0 Å². The highest BCUT2D eigenvalue weighted by molar-refractivity contribution is 9.10. The van der Waals surface area contributed by atoms with Crippen LogP contribution in [0.15, 0.2) is 34.9 Å². The summed E-state index contributed by atoms with van der Waals surface area (Å²) in [7, 11) is 0. The molecule has 2 aromatic rings. The number of ether oxygens (including phenoxy) is 1. The highest BCUT2D eigenvalue weighted by Crippen LogP contribution is 2.24. The van der Waals surface area contributed by atoms with Gasteiger partial charge in [0.2, 0.25) is 0 Å². The van der Waals surface area contributed by atoms with Crippen molar-refractivity contribution in [2.24, 2.45) is 0 Å². The lowest BCUT2D eigenvalue weighted by atomic mass is 10.1. The van der Waals surface area contributed by atoms with Gasteiger partial charge in [-0.2, -0.15) is 5.10 Å². The highest BCUT2D eigenvalue weighted by atomic mass is 79.9. The third-order valence-electron chi connectivity index (χ3n) is 2.81. The smallest absolute Gasteiger partial charge is 0.328 e. The van der Waals surface area contributed by atoms with E-state index in [1.807, 2.05) is 58.2 Å². The standard InChI is InChI=1S/C16H19BrN2O2/c1-11-14(12-5-7-13(17)8-6-12)9-19(18-11)10-15(20)21-16(2,3)4/h5-9H,10H2,1-4H3. The quantitative estimate of drug-likeness (QED) is 0.786. The zero-order valence-electron chi connectivity index (χ0n) is 12.7. The van der Waals surface area contributed by atoms with Crippen molar-refractivity contribution in [2.75, 3.05) is 0 Å². The van der Waals surface area contributed by atoms with Gasteiger partial charge in [0.15, 0.2) is 0 Å². The molecule has 0 aliphatic heterocycles. The number of aromatic nitrogens is 2. The molecule has 0 spiro atoms. The summed E-state index contributed by atoms with van der Waals surface area (Å²) < 4.78 is 7.96. The van der Waals surface area contributed by atoms with Gasteiger partial charge >= 0.3 is 5.97 Å². The number of esters is 1. The summed E-state index contributed by atoms with van der Waals surface area (Å²) in [5.41, 5.74) is 2.51. The van der Waals surface area contributed by atoms with E-state index in [9.17, 15) is 4.79 Å². The van der Waals surface area contributed by atoms with Gasteiger partial charge in [0.05, 0.1) is 5.69 Å². The van der Waals surface area contributed by atoms with Gasteiger partial charge in [0, 0.05) is 16.2 Å². The lowest BCUT2D eigenvalue weighted by Gasteiger charge is -2.19. The van der Waals surface area contributed by atoms with Crippen LogP contribution in [0.3, 0.4) is 0 Å². The molecular formula is C16H19BrN2O2. The average Bonchev–Trinajstić information content (AvgIpc) is 2.68. The molecule has 21 heavy (non-hydrogen) atoms. The molecule has 2 rings (SSSR count). The number of carbonyl (C=O) groups excluding carboxylic acids is 1. The SMILES string of the molecule is Cc1nn(CC(=O)OC(C)(C)C)cc1-c1ccc(Br)cc1. The number of halogens is 1. The molecular weight excluding hydrogens is 332 g/mol. The highest BCUT2D eigenvalue weighted by Gasteiger charge is 2.17. The second-order valence-electron chi connectivity index (χ2n) is 5.92. The van der Waals surface area contributed by atoms with E-state index in [0.717, 1.165) is 21.3 Å². The van der Waals surface area contributed by atoms with Crippen LogP contribution >= 0.6 is 15.9 Å². The van der Waals surface area contributed by atoms with Crippen molar-refractivity contribution in [1.29, 1.82) is 0 Å². The molecule has 0 aliphatic carbocycles. The average molecular weight is 351 g/mol. The van der Waals surface area contributed by atoms with Crippen LogP contribution < -0.4 is 0 Å². The topological polar surface area (TPSA) is 44.1 Å². The number of aryl methyl sites for hydroxylation is 1. The number of carbonyl (C=O) groups is 1. The van der Waals surface area contributed by atoms with E-state index in [1.165, 1.54) is 0 Å². The lowest BCUT2D eigenvalue weighted by Crippen LogP contribution is -2.26. The van der Waals surface area contributed by atoms with Gasteiger partial charge in [-0.25, -0.2) is 0 Å². The first kappa shape index (κ1) is 15.8. The summed E-state index contributed by atoms with van der Waals surface area (Å²) in [5, 5.41) is 4.38. The minimum absolute atomic E-state index is 0.120. The number of hydrogen-bond acceptors (Lipinski definition) is 3. The first-order valence-corrected chi connectivity index (χ1v) is 7.56. The van der Waals surface area contributed by atoms with Crippen molar-refractivity contribution >= 4 is 21.9 Å². The summed E-state index contributed by atoms with van der Waals surface area (Å²) in [6.07, 6.45) is 1.88. The van der Waals surface area contributed by atoms with Gasteiger partial charge in [-0.15, -0.1) is 0 Å². The van der Waals surface area contributed by atoms with Gasteiger partial charge < -0.3 is 4.74 Å². The summed E-state index contributed by atoms with van der Waals surface area (Å²) in [6.45, 7) is 7.61. The maximum atomic E-state index is 11.8. The minimum atomic E-state index is -0.478. The van der Waals surface area contributed by atoms with E-state index in [1.54, 1.807) is 4.68 Å². The summed E-state index contributed by atoms with van der Waals surface area (Å²) in [5.74, 6) is -0.285.